The van der Waals surface area contributed by atoms with E-state index in [1.54, 1.807) is 0 Å². The van der Waals surface area contributed by atoms with Gasteiger partial charge in [0.15, 0.2) is 6.10 Å². The van der Waals surface area contributed by atoms with Gasteiger partial charge in [-0.25, -0.2) is 0 Å². The lowest BCUT2D eigenvalue weighted by Crippen LogP contribution is -2.30. The second kappa shape index (κ2) is 70.9. The molecule has 0 radical (unpaired) electrons. The highest BCUT2D eigenvalue weighted by Crippen LogP contribution is 2.20. The molecule has 0 aromatic carbocycles. The van der Waals surface area contributed by atoms with Crippen LogP contribution >= 0.6 is 0 Å². The summed E-state index contributed by atoms with van der Waals surface area (Å²) >= 11 is 0. The molecular formula is C75H146O6. The first-order chi connectivity index (χ1) is 40.0. The minimum Gasteiger partial charge on any atom is -0.462 e. The third-order valence-corrected chi connectivity index (χ3v) is 17.6. The maximum absolute atomic E-state index is 12.9. The predicted molar refractivity (Wildman–Crippen MR) is 354 cm³/mol. The van der Waals surface area contributed by atoms with E-state index in [1.165, 1.54) is 347 Å². The SMILES string of the molecule is CCCCCCCCCCCCCCCCCCCCCCCCCCCCCCCCCC(=O)OCC(COC(=O)CCCCCCCCCC)OC(=O)CCCCCCCCCCCCCCCCCCCCCCCCCC. The molecule has 0 aliphatic carbocycles. The van der Waals surface area contributed by atoms with Gasteiger partial charge < -0.3 is 14.2 Å². The van der Waals surface area contributed by atoms with Crippen molar-refractivity contribution in [1.29, 1.82) is 0 Å². The van der Waals surface area contributed by atoms with Gasteiger partial charge in [0, 0.05) is 19.3 Å². The van der Waals surface area contributed by atoms with Gasteiger partial charge in [0.1, 0.15) is 13.2 Å². The van der Waals surface area contributed by atoms with Crippen LogP contribution in [0.4, 0.5) is 0 Å². The highest BCUT2D eigenvalue weighted by molar-refractivity contribution is 5.71. The Morgan fingerprint density at radius 2 is 0.333 bits per heavy atom. The zero-order chi connectivity index (χ0) is 58.5. The van der Waals surface area contributed by atoms with E-state index in [2.05, 4.69) is 20.8 Å². The second-order valence-corrected chi connectivity index (χ2v) is 25.9. The number of ether oxygens (including phenoxy) is 3. The molecule has 482 valence electrons. The summed E-state index contributed by atoms with van der Waals surface area (Å²) in [6.45, 7) is 6.71. The first kappa shape index (κ1) is 79.4. The Morgan fingerprint density at radius 1 is 0.198 bits per heavy atom. The zero-order valence-corrected chi connectivity index (χ0v) is 55.6. The van der Waals surface area contributed by atoms with Crippen LogP contribution in [0.5, 0.6) is 0 Å². The van der Waals surface area contributed by atoms with Crippen LogP contribution in [-0.2, 0) is 28.6 Å². The Morgan fingerprint density at radius 3 is 0.494 bits per heavy atom. The molecule has 81 heavy (non-hydrogen) atoms. The van der Waals surface area contributed by atoms with Gasteiger partial charge >= 0.3 is 17.9 Å². The molecule has 0 heterocycles. The van der Waals surface area contributed by atoms with Crippen molar-refractivity contribution in [3.05, 3.63) is 0 Å². The van der Waals surface area contributed by atoms with Gasteiger partial charge in [0.2, 0.25) is 0 Å². The summed E-state index contributed by atoms with van der Waals surface area (Å²) < 4.78 is 16.9. The topological polar surface area (TPSA) is 78.9 Å². The van der Waals surface area contributed by atoms with Crippen LogP contribution in [0.25, 0.3) is 0 Å². The number of carbonyl (C=O) groups excluding carboxylic acids is 3. The molecule has 0 fully saturated rings. The molecule has 0 amide bonds. The van der Waals surface area contributed by atoms with E-state index >= 15 is 0 Å². The minimum absolute atomic E-state index is 0.0608. The Kier molecular flexibility index (Phi) is 69.5. The van der Waals surface area contributed by atoms with E-state index in [-0.39, 0.29) is 31.1 Å². The molecule has 0 aliphatic heterocycles. The molecule has 0 saturated heterocycles. The maximum atomic E-state index is 12.9. The van der Waals surface area contributed by atoms with E-state index < -0.39 is 6.10 Å². The molecule has 0 saturated carbocycles. The Labute approximate surface area is 508 Å². The van der Waals surface area contributed by atoms with Crippen molar-refractivity contribution in [2.45, 2.75) is 451 Å². The van der Waals surface area contributed by atoms with Gasteiger partial charge in [0.05, 0.1) is 0 Å². The minimum atomic E-state index is -0.762. The summed E-state index contributed by atoms with van der Waals surface area (Å²) in [7, 11) is 0. The van der Waals surface area contributed by atoms with E-state index in [1.807, 2.05) is 0 Å². The van der Waals surface area contributed by atoms with Gasteiger partial charge in [-0.3, -0.25) is 14.4 Å². The van der Waals surface area contributed by atoms with Gasteiger partial charge in [0.25, 0.3) is 0 Å². The van der Waals surface area contributed by atoms with Crippen molar-refractivity contribution in [2.75, 3.05) is 13.2 Å². The molecule has 0 N–H and O–H groups in total. The van der Waals surface area contributed by atoms with Crippen molar-refractivity contribution in [1.82, 2.24) is 0 Å². The van der Waals surface area contributed by atoms with Crippen LogP contribution in [-0.4, -0.2) is 37.2 Å². The lowest BCUT2D eigenvalue weighted by atomic mass is 10.0. The molecule has 0 bridgehead atoms. The molecule has 6 heteroatoms. The summed E-state index contributed by atoms with van der Waals surface area (Å²) in [5.41, 5.74) is 0. The second-order valence-electron chi connectivity index (χ2n) is 25.9. The number of unbranched alkanes of at least 4 members (excludes halogenated alkanes) is 60. The van der Waals surface area contributed by atoms with Crippen LogP contribution < -0.4 is 0 Å². The summed E-state index contributed by atoms with van der Waals surface area (Å²) in [6, 6.07) is 0. The first-order valence-corrected chi connectivity index (χ1v) is 37.5. The molecule has 6 nitrogen and oxygen atoms in total. The predicted octanol–water partition coefficient (Wildman–Crippen LogP) is 25.8. The molecule has 0 aromatic heterocycles. The normalized spacial score (nSPS) is 11.9. The zero-order valence-electron chi connectivity index (χ0n) is 55.6. The van der Waals surface area contributed by atoms with Crippen molar-refractivity contribution in [2.24, 2.45) is 0 Å². The Hall–Kier alpha value is -1.59. The van der Waals surface area contributed by atoms with Crippen molar-refractivity contribution in [3.8, 4) is 0 Å². The third kappa shape index (κ3) is 69.1. The number of carbonyl (C=O) groups is 3. The third-order valence-electron chi connectivity index (χ3n) is 17.6. The number of hydrogen-bond donors (Lipinski definition) is 0. The van der Waals surface area contributed by atoms with Crippen molar-refractivity contribution >= 4 is 17.9 Å². The fourth-order valence-electron chi connectivity index (χ4n) is 12.0. The number of esters is 3. The average molecular weight is 1140 g/mol. The van der Waals surface area contributed by atoms with E-state index in [4.69, 9.17) is 14.2 Å². The summed E-state index contributed by atoms with van der Waals surface area (Å²) in [5.74, 6) is -0.827. The van der Waals surface area contributed by atoms with E-state index in [0.29, 0.717) is 19.3 Å². The van der Waals surface area contributed by atoms with Crippen LogP contribution in [0.2, 0.25) is 0 Å². The van der Waals surface area contributed by atoms with Crippen LogP contribution in [0.1, 0.15) is 445 Å². The van der Waals surface area contributed by atoms with Crippen molar-refractivity contribution < 1.29 is 28.6 Å². The molecular weight excluding hydrogens is 997 g/mol. The highest BCUT2D eigenvalue weighted by atomic mass is 16.6. The quantitative estimate of drug-likeness (QED) is 0.0343. The number of rotatable bonds is 71. The van der Waals surface area contributed by atoms with E-state index in [9.17, 15) is 14.4 Å². The van der Waals surface area contributed by atoms with Gasteiger partial charge in [-0.15, -0.1) is 0 Å². The van der Waals surface area contributed by atoms with Crippen LogP contribution in [0, 0.1) is 0 Å². The van der Waals surface area contributed by atoms with Gasteiger partial charge in [-0.05, 0) is 19.3 Å². The summed E-state index contributed by atoms with van der Waals surface area (Å²) in [6.07, 6.45) is 84.7. The number of hydrogen-bond acceptors (Lipinski definition) is 6. The fraction of sp³-hybridized carbons (Fsp3) is 0.960. The molecule has 1 atom stereocenters. The smallest absolute Gasteiger partial charge is 0.306 e. The summed E-state index contributed by atoms with van der Waals surface area (Å²) in [5, 5.41) is 0. The van der Waals surface area contributed by atoms with Gasteiger partial charge in [-0.1, -0.05) is 406 Å². The Bertz CT molecular complexity index is 1220. The molecule has 0 spiro atoms. The van der Waals surface area contributed by atoms with Crippen LogP contribution in [0.3, 0.4) is 0 Å². The fourth-order valence-corrected chi connectivity index (χ4v) is 12.0. The van der Waals surface area contributed by atoms with Crippen LogP contribution in [0.15, 0.2) is 0 Å². The Balaban J connectivity index is 3.98. The largest absolute Gasteiger partial charge is 0.462 e. The lowest BCUT2D eigenvalue weighted by molar-refractivity contribution is -0.167. The van der Waals surface area contributed by atoms with E-state index in [0.717, 1.165) is 57.8 Å². The standard InChI is InChI=1S/C75H146O6/c1-4-7-10-13-16-19-21-23-25-27-29-31-33-35-36-37-38-39-40-41-43-44-46-48-50-52-54-56-59-62-65-68-74(77)80-71-72(70-79-73(76)67-64-61-58-18-15-12-9-6-3)81-75(78)69-66-63-60-57-55-53-51-49-47-45-42-34-32-30-28-26-24-22-20-17-14-11-8-5-2/h72H,4-71H2,1-3H3. The maximum Gasteiger partial charge on any atom is 0.306 e. The molecule has 0 rings (SSSR count). The highest BCUT2D eigenvalue weighted by Gasteiger charge is 2.20. The first-order valence-electron chi connectivity index (χ1n) is 37.5. The van der Waals surface area contributed by atoms with Gasteiger partial charge in [-0.2, -0.15) is 0 Å². The lowest BCUT2D eigenvalue weighted by Gasteiger charge is -2.18. The van der Waals surface area contributed by atoms with Crippen molar-refractivity contribution in [3.63, 3.8) is 0 Å². The molecule has 0 aromatic rings. The monoisotopic (exact) mass is 1140 g/mol. The molecule has 0 aliphatic rings. The summed E-state index contributed by atoms with van der Waals surface area (Å²) in [4.78, 5) is 38.3. The average Bonchev–Trinajstić information content (AvgIpc) is 3.47. The molecule has 1 unspecified atom stereocenters.